The summed E-state index contributed by atoms with van der Waals surface area (Å²) in [5, 5.41) is 13.3. The van der Waals surface area contributed by atoms with Gasteiger partial charge in [-0.05, 0) is 38.0 Å². The molecule has 0 radical (unpaired) electrons. The Morgan fingerprint density at radius 2 is 1.91 bits per heavy atom. The first-order valence-electron chi connectivity index (χ1n) is 7.41. The van der Waals surface area contributed by atoms with E-state index in [1.807, 2.05) is 6.07 Å². The van der Waals surface area contributed by atoms with Crippen molar-refractivity contribution in [3.63, 3.8) is 0 Å². The van der Waals surface area contributed by atoms with Gasteiger partial charge in [-0.3, -0.25) is 0 Å². The summed E-state index contributed by atoms with van der Waals surface area (Å²) in [6.45, 7) is 1.53. The molecule has 0 aliphatic heterocycles. The average molecular weight is 354 g/mol. The molecule has 0 amide bonds. The van der Waals surface area contributed by atoms with Crippen LogP contribution in [0.1, 0.15) is 45.4 Å². The summed E-state index contributed by atoms with van der Waals surface area (Å²) >= 11 is 0. The molecule has 132 valence electrons. The molecule has 1 rings (SSSR count). The molecule has 9 heteroatoms. The van der Waals surface area contributed by atoms with E-state index in [2.05, 4.69) is 9.99 Å². The van der Waals surface area contributed by atoms with E-state index in [1.54, 1.807) is 0 Å². The lowest BCUT2D eigenvalue weighted by Gasteiger charge is -2.36. The van der Waals surface area contributed by atoms with Gasteiger partial charge in [-0.2, -0.15) is 18.4 Å². The lowest BCUT2D eigenvalue weighted by atomic mass is 9.78. The molecule has 0 N–H and O–H groups in total. The predicted octanol–water partition coefficient (Wildman–Crippen LogP) is 3.22. The molecule has 0 aromatic carbocycles. The Labute approximate surface area is 134 Å². The molecule has 1 aliphatic rings. The standard InChI is InChI=1S/C14H21F3N2O3S/c1-3-13(10-18,23(20,21)9-8-14(15,16)17)11-4-6-12(7-5-11)19-22-2/h11H,3-9H2,1-2H3. The molecule has 0 aromatic rings. The highest BCUT2D eigenvalue weighted by Gasteiger charge is 2.50. The van der Waals surface area contributed by atoms with Crippen LogP contribution in [0.15, 0.2) is 5.16 Å². The zero-order valence-electron chi connectivity index (χ0n) is 13.2. The quantitative estimate of drug-likeness (QED) is 0.686. The van der Waals surface area contributed by atoms with Crippen molar-refractivity contribution >= 4 is 15.5 Å². The number of hydrogen-bond donors (Lipinski definition) is 0. The van der Waals surface area contributed by atoms with Crippen LogP contribution in [0.25, 0.3) is 0 Å². The minimum Gasteiger partial charge on any atom is -0.399 e. The largest absolute Gasteiger partial charge is 0.399 e. The van der Waals surface area contributed by atoms with Crippen molar-refractivity contribution in [2.75, 3.05) is 12.9 Å². The van der Waals surface area contributed by atoms with Crippen LogP contribution in [0.3, 0.4) is 0 Å². The highest BCUT2D eigenvalue weighted by molar-refractivity contribution is 7.93. The fourth-order valence-corrected chi connectivity index (χ4v) is 5.26. The van der Waals surface area contributed by atoms with E-state index in [-0.39, 0.29) is 6.42 Å². The summed E-state index contributed by atoms with van der Waals surface area (Å²) in [4.78, 5) is 4.68. The van der Waals surface area contributed by atoms with Crippen LogP contribution in [-0.2, 0) is 14.7 Å². The van der Waals surface area contributed by atoms with Gasteiger partial charge in [-0.1, -0.05) is 12.1 Å². The Kier molecular flexibility index (Phi) is 6.45. The van der Waals surface area contributed by atoms with Gasteiger partial charge < -0.3 is 4.84 Å². The molecule has 1 fully saturated rings. The number of halogens is 3. The van der Waals surface area contributed by atoms with Crippen LogP contribution in [-0.4, -0.2) is 37.9 Å². The minimum absolute atomic E-state index is 0.0227. The summed E-state index contributed by atoms with van der Waals surface area (Å²) in [5.41, 5.74) is 0.777. The molecule has 0 bridgehead atoms. The van der Waals surface area contributed by atoms with Crippen molar-refractivity contribution in [2.24, 2.45) is 11.1 Å². The first-order valence-corrected chi connectivity index (χ1v) is 9.06. The molecular weight excluding hydrogens is 333 g/mol. The number of rotatable bonds is 6. The molecule has 1 saturated carbocycles. The topological polar surface area (TPSA) is 79.5 Å². The van der Waals surface area contributed by atoms with Crippen LogP contribution in [0.2, 0.25) is 0 Å². The van der Waals surface area contributed by atoms with E-state index in [9.17, 15) is 26.9 Å². The molecule has 1 aliphatic carbocycles. The van der Waals surface area contributed by atoms with Crippen molar-refractivity contribution < 1.29 is 26.4 Å². The average Bonchev–Trinajstić information content (AvgIpc) is 2.48. The molecule has 0 aromatic heterocycles. The lowest BCUT2D eigenvalue weighted by molar-refractivity contribution is -0.130. The maximum atomic E-state index is 12.5. The second-order valence-corrected chi connectivity index (χ2v) is 8.02. The third kappa shape index (κ3) is 4.59. The Morgan fingerprint density at radius 3 is 2.30 bits per heavy atom. The van der Waals surface area contributed by atoms with Gasteiger partial charge in [0.2, 0.25) is 0 Å². The number of nitrogens with zero attached hydrogens (tertiary/aromatic N) is 2. The number of hydrogen-bond acceptors (Lipinski definition) is 5. The first kappa shape index (κ1) is 19.7. The predicted molar refractivity (Wildman–Crippen MR) is 79.5 cm³/mol. The fraction of sp³-hybridized carbons (Fsp3) is 0.857. The van der Waals surface area contributed by atoms with Gasteiger partial charge >= 0.3 is 6.18 Å². The second kappa shape index (κ2) is 7.51. The van der Waals surface area contributed by atoms with Gasteiger partial charge in [0.1, 0.15) is 7.11 Å². The van der Waals surface area contributed by atoms with Crippen molar-refractivity contribution in [3.8, 4) is 6.07 Å². The highest BCUT2D eigenvalue weighted by atomic mass is 32.2. The normalized spacial score (nSPS) is 22.1. The third-order valence-electron chi connectivity index (χ3n) is 4.37. The zero-order chi connectivity index (χ0) is 17.7. The molecular formula is C14H21F3N2O3S. The van der Waals surface area contributed by atoms with Crippen LogP contribution in [0, 0.1) is 17.2 Å². The van der Waals surface area contributed by atoms with Gasteiger partial charge in [-0.15, -0.1) is 0 Å². The fourth-order valence-electron chi connectivity index (χ4n) is 3.07. The van der Waals surface area contributed by atoms with Crippen molar-refractivity contribution in [1.82, 2.24) is 0 Å². The van der Waals surface area contributed by atoms with Gasteiger partial charge in [0.15, 0.2) is 14.6 Å². The lowest BCUT2D eigenvalue weighted by Crippen LogP contribution is -2.47. The number of oxime groups is 1. The molecule has 0 saturated heterocycles. The number of alkyl halides is 3. The van der Waals surface area contributed by atoms with Gasteiger partial charge in [0.05, 0.1) is 24.0 Å². The van der Waals surface area contributed by atoms with Crippen molar-refractivity contribution in [1.29, 1.82) is 5.26 Å². The van der Waals surface area contributed by atoms with E-state index >= 15 is 0 Å². The summed E-state index contributed by atoms with van der Waals surface area (Å²) in [5.74, 6) is -1.54. The van der Waals surface area contributed by atoms with Crippen molar-refractivity contribution in [3.05, 3.63) is 0 Å². The van der Waals surface area contributed by atoms with Crippen LogP contribution in [0.5, 0.6) is 0 Å². The van der Waals surface area contributed by atoms with Crippen molar-refractivity contribution in [2.45, 2.75) is 56.4 Å². The van der Waals surface area contributed by atoms with Gasteiger partial charge in [-0.25, -0.2) is 8.42 Å². The maximum absolute atomic E-state index is 12.5. The van der Waals surface area contributed by atoms with E-state index < -0.39 is 38.9 Å². The monoisotopic (exact) mass is 354 g/mol. The van der Waals surface area contributed by atoms with Gasteiger partial charge in [0, 0.05) is 0 Å². The molecule has 0 heterocycles. The smallest absolute Gasteiger partial charge is 0.390 e. The Morgan fingerprint density at radius 1 is 1.35 bits per heavy atom. The summed E-state index contributed by atoms with van der Waals surface area (Å²) in [6, 6.07) is 1.83. The number of nitriles is 1. The molecule has 23 heavy (non-hydrogen) atoms. The highest BCUT2D eigenvalue weighted by Crippen LogP contribution is 2.40. The van der Waals surface area contributed by atoms with E-state index in [0.717, 1.165) is 5.71 Å². The summed E-state index contributed by atoms with van der Waals surface area (Å²) < 4.78 is 60.4. The van der Waals surface area contributed by atoms with E-state index in [0.29, 0.717) is 25.7 Å². The Bertz CT molecular complexity index is 571. The zero-order valence-corrected chi connectivity index (χ0v) is 14.0. The summed E-state index contributed by atoms with van der Waals surface area (Å²) in [6.07, 6.45) is -4.25. The Balaban J connectivity index is 3.00. The third-order valence-corrected chi connectivity index (χ3v) is 6.93. The molecule has 1 unspecified atom stereocenters. The van der Waals surface area contributed by atoms with Crippen LogP contribution in [0.4, 0.5) is 13.2 Å². The van der Waals surface area contributed by atoms with Crippen LogP contribution < -0.4 is 0 Å². The van der Waals surface area contributed by atoms with Gasteiger partial charge in [0.25, 0.3) is 0 Å². The SMILES string of the molecule is CCC(C#N)(C1CCC(=NOC)CC1)S(=O)(=O)CCC(F)(F)F. The van der Waals surface area contributed by atoms with E-state index in [1.165, 1.54) is 14.0 Å². The molecule has 0 spiro atoms. The maximum Gasteiger partial charge on any atom is 0.390 e. The Hall–Kier alpha value is -1.30. The molecule has 1 atom stereocenters. The first-order chi connectivity index (χ1) is 10.6. The second-order valence-electron chi connectivity index (χ2n) is 5.65. The van der Waals surface area contributed by atoms with E-state index in [4.69, 9.17) is 0 Å². The summed E-state index contributed by atoms with van der Waals surface area (Å²) in [7, 11) is -2.79. The number of sulfone groups is 1. The molecule has 5 nitrogen and oxygen atoms in total. The van der Waals surface area contributed by atoms with Crippen LogP contribution >= 0.6 is 0 Å². The minimum atomic E-state index is -4.56.